The molecule has 1 heterocycles. The smallest absolute Gasteiger partial charge is 0.256 e. The van der Waals surface area contributed by atoms with Gasteiger partial charge < -0.3 is 15.8 Å². The Kier molecular flexibility index (Phi) is 4.72. The van der Waals surface area contributed by atoms with Crippen molar-refractivity contribution in [3.8, 4) is 0 Å². The number of carbonyl (C=O) groups excluding carboxylic acids is 1. The van der Waals surface area contributed by atoms with E-state index in [0.717, 1.165) is 0 Å². The SMILES string of the molecule is CSC1(C(N)=NO)CCN(C(=O)c2ccccc2F)CC1. The summed E-state index contributed by atoms with van der Waals surface area (Å²) in [5.41, 5.74) is 5.85. The van der Waals surface area contributed by atoms with Gasteiger partial charge in [-0.1, -0.05) is 17.3 Å². The van der Waals surface area contributed by atoms with E-state index < -0.39 is 10.6 Å². The zero-order valence-corrected chi connectivity index (χ0v) is 12.6. The first-order chi connectivity index (χ1) is 10.0. The molecular formula is C14H18FN3O2S. The maximum Gasteiger partial charge on any atom is 0.256 e. The summed E-state index contributed by atoms with van der Waals surface area (Å²) in [6, 6.07) is 5.96. The molecule has 21 heavy (non-hydrogen) atoms. The molecule has 2 rings (SSSR count). The van der Waals surface area contributed by atoms with Gasteiger partial charge in [0.25, 0.3) is 5.91 Å². The van der Waals surface area contributed by atoms with E-state index in [1.807, 2.05) is 6.26 Å². The van der Waals surface area contributed by atoms with E-state index in [4.69, 9.17) is 10.9 Å². The predicted octanol–water partition coefficient (Wildman–Crippen LogP) is 1.91. The number of amides is 1. The molecule has 1 fully saturated rings. The first-order valence-corrected chi connectivity index (χ1v) is 7.83. The Morgan fingerprint density at radius 3 is 2.57 bits per heavy atom. The molecule has 0 unspecified atom stereocenters. The van der Waals surface area contributed by atoms with Crippen molar-refractivity contribution >= 4 is 23.5 Å². The molecule has 1 aliphatic rings. The lowest BCUT2D eigenvalue weighted by Crippen LogP contribution is -2.51. The molecular weight excluding hydrogens is 293 g/mol. The topological polar surface area (TPSA) is 78.9 Å². The lowest BCUT2D eigenvalue weighted by molar-refractivity contribution is 0.0713. The second-order valence-corrected chi connectivity index (χ2v) is 6.15. The molecule has 1 amide bonds. The number of benzene rings is 1. The molecule has 1 aliphatic heterocycles. The molecule has 114 valence electrons. The van der Waals surface area contributed by atoms with Crippen LogP contribution in [-0.4, -0.2) is 45.9 Å². The molecule has 0 aromatic heterocycles. The number of piperidine rings is 1. The van der Waals surface area contributed by atoms with Crippen LogP contribution in [0.2, 0.25) is 0 Å². The molecule has 0 spiro atoms. The van der Waals surface area contributed by atoms with Gasteiger partial charge in [0.2, 0.25) is 0 Å². The zero-order valence-electron chi connectivity index (χ0n) is 11.8. The van der Waals surface area contributed by atoms with Crippen LogP contribution < -0.4 is 5.73 Å². The number of nitrogens with two attached hydrogens (primary N) is 1. The Morgan fingerprint density at radius 2 is 2.05 bits per heavy atom. The van der Waals surface area contributed by atoms with Crippen LogP contribution in [0.3, 0.4) is 0 Å². The lowest BCUT2D eigenvalue weighted by atomic mass is 9.94. The van der Waals surface area contributed by atoms with Gasteiger partial charge in [0.05, 0.1) is 10.3 Å². The number of hydrogen-bond acceptors (Lipinski definition) is 4. The molecule has 3 N–H and O–H groups in total. The van der Waals surface area contributed by atoms with Crippen LogP contribution in [0.5, 0.6) is 0 Å². The Balaban J connectivity index is 2.11. The van der Waals surface area contributed by atoms with Gasteiger partial charge in [0.1, 0.15) is 5.82 Å². The summed E-state index contributed by atoms with van der Waals surface area (Å²) >= 11 is 1.51. The summed E-state index contributed by atoms with van der Waals surface area (Å²) < 4.78 is 13.2. The van der Waals surface area contributed by atoms with Crippen molar-refractivity contribution < 1.29 is 14.4 Å². The van der Waals surface area contributed by atoms with Gasteiger partial charge in [-0.15, -0.1) is 0 Å². The van der Waals surface area contributed by atoms with Crippen LogP contribution in [0.1, 0.15) is 23.2 Å². The molecule has 7 heteroatoms. The highest BCUT2D eigenvalue weighted by atomic mass is 32.2. The lowest BCUT2D eigenvalue weighted by Gasteiger charge is -2.39. The fourth-order valence-corrected chi connectivity index (χ4v) is 3.37. The van der Waals surface area contributed by atoms with Crippen LogP contribution in [0, 0.1) is 5.82 Å². The van der Waals surface area contributed by atoms with E-state index >= 15 is 0 Å². The first kappa shape index (κ1) is 15.6. The summed E-state index contributed by atoms with van der Waals surface area (Å²) in [7, 11) is 0. The van der Waals surface area contributed by atoms with Crippen molar-refractivity contribution in [2.24, 2.45) is 10.9 Å². The number of rotatable bonds is 3. The monoisotopic (exact) mass is 311 g/mol. The maximum absolute atomic E-state index is 13.7. The highest BCUT2D eigenvalue weighted by molar-refractivity contribution is 8.00. The molecule has 0 atom stereocenters. The van der Waals surface area contributed by atoms with Crippen LogP contribution in [-0.2, 0) is 0 Å². The van der Waals surface area contributed by atoms with Crippen molar-refractivity contribution in [1.29, 1.82) is 0 Å². The average Bonchev–Trinajstić information content (AvgIpc) is 2.54. The summed E-state index contributed by atoms with van der Waals surface area (Å²) in [6.45, 7) is 0.897. The van der Waals surface area contributed by atoms with E-state index in [1.165, 1.54) is 23.9 Å². The fourth-order valence-electron chi connectivity index (χ4n) is 2.53. The first-order valence-electron chi connectivity index (χ1n) is 6.61. The minimum absolute atomic E-state index is 0.0814. The van der Waals surface area contributed by atoms with Crippen molar-refractivity contribution in [2.45, 2.75) is 17.6 Å². The van der Waals surface area contributed by atoms with E-state index in [-0.39, 0.29) is 17.3 Å². The van der Waals surface area contributed by atoms with E-state index in [9.17, 15) is 9.18 Å². The molecule has 0 radical (unpaired) electrons. The number of hydrogen-bond donors (Lipinski definition) is 2. The fraction of sp³-hybridized carbons (Fsp3) is 0.429. The minimum Gasteiger partial charge on any atom is -0.409 e. The molecule has 1 saturated heterocycles. The van der Waals surface area contributed by atoms with Crippen molar-refractivity contribution in [1.82, 2.24) is 4.90 Å². The largest absolute Gasteiger partial charge is 0.409 e. The number of carbonyl (C=O) groups is 1. The standard InChI is InChI=1S/C14H18FN3O2S/c1-21-14(13(16)17-20)6-8-18(9-7-14)12(19)10-4-2-3-5-11(10)15/h2-5,20H,6-9H2,1H3,(H2,16,17). The van der Waals surface area contributed by atoms with E-state index in [0.29, 0.717) is 25.9 Å². The van der Waals surface area contributed by atoms with Gasteiger partial charge in [-0.3, -0.25) is 4.79 Å². The zero-order chi connectivity index (χ0) is 15.5. The molecule has 0 saturated carbocycles. The molecule has 0 aliphatic carbocycles. The summed E-state index contributed by atoms with van der Waals surface area (Å²) in [6.07, 6.45) is 3.04. The van der Waals surface area contributed by atoms with Crippen LogP contribution in [0.25, 0.3) is 0 Å². The normalized spacial score (nSPS) is 18.6. The van der Waals surface area contributed by atoms with Gasteiger partial charge in [-0.2, -0.15) is 11.8 Å². The van der Waals surface area contributed by atoms with Crippen LogP contribution in [0.4, 0.5) is 4.39 Å². The van der Waals surface area contributed by atoms with Crippen LogP contribution in [0.15, 0.2) is 29.4 Å². The molecule has 1 aromatic carbocycles. The summed E-state index contributed by atoms with van der Waals surface area (Å²) in [4.78, 5) is 13.9. The third kappa shape index (κ3) is 2.97. The second-order valence-electron chi connectivity index (χ2n) is 4.96. The number of halogens is 1. The summed E-state index contributed by atoms with van der Waals surface area (Å²) in [5.74, 6) is -0.657. The molecule has 0 bridgehead atoms. The molecule has 5 nitrogen and oxygen atoms in total. The van der Waals surface area contributed by atoms with E-state index in [2.05, 4.69) is 5.16 Å². The number of amidine groups is 1. The van der Waals surface area contributed by atoms with Crippen LogP contribution >= 0.6 is 11.8 Å². The summed E-state index contributed by atoms with van der Waals surface area (Å²) in [5, 5.41) is 12.0. The van der Waals surface area contributed by atoms with Crippen molar-refractivity contribution in [3.63, 3.8) is 0 Å². The van der Waals surface area contributed by atoms with Crippen molar-refractivity contribution in [3.05, 3.63) is 35.6 Å². The Hall–Kier alpha value is -1.76. The Bertz CT molecular complexity index is 557. The highest BCUT2D eigenvalue weighted by Crippen LogP contribution is 2.35. The number of oxime groups is 1. The molecule has 1 aromatic rings. The van der Waals surface area contributed by atoms with Gasteiger partial charge in [0.15, 0.2) is 5.84 Å². The third-order valence-corrected chi connectivity index (χ3v) is 5.33. The third-order valence-electron chi connectivity index (χ3n) is 3.93. The predicted molar refractivity (Wildman–Crippen MR) is 81.2 cm³/mol. The van der Waals surface area contributed by atoms with Gasteiger partial charge in [-0.05, 0) is 31.2 Å². The quantitative estimate of drug-likeness (QED) is 0.387. The number of likely N-dealkylation sites (tertiary alicyclic amines) is 1. The maximum atomic E-state index is 13.7. The van der Waals surface area contributed by atoms with Crippen molar-refractivity contribution in [2.75, 3.05) is 19.3 Å². The highest BCUT2D eigenvalue weighted by Gasteiger charge is 2.39. The van der Waals surface area contributed by atoms with Gasteiger partial charge in [-0.25, -0.2) is 4.39 Å². The number of thioether (sulfide) groups is 1. The number of nitrogens with zero attached hydrogens (tertiary/aromatic N) is 2. The minimum atomic E-state index is -0.513. The van der Waals surface area contributed by atoms with Gasteiger partial charge in [0, 0.05) is 13.1 Å². The second kappa shape index (κ2) is 6.34. The average molecular weight is 311 g/mol. The van der Waals surface area contributed by atoms with Gasteiger partial charge >= 0.3 is 0 Å². The Labute approximate surface area is 127 Å². The Morgan fingerprint density at radius 1 is 1.43 bits per heavy atom. The van der Waals surface area contributed by atoms with E-state index in [1.54, 1.807) is 17.0 Å².